The number of hydrogen-bond acceptors (Lipinski definition) is 3. The molecular formula is C12H16F2N2O2S. The molecule has 0 aliphatic carbocycles. The lowest BCUT2D eigenvalue weighted by Gasteiger charge is -2.31. The van der Waals surface area contributed by atoms with Gasteiger partial charge in [-0.15, -0.1) is 0 Å². The number of halogens is 2. The van der Waals surface area contributed by atoms with E-state index >= 15 is 0 Å². The monoisotopic (exact) mass is 290 g/mol. The van der Waals surface area contributed by atoms with E-state index in [9.17, 15) is 17.2 Å². The van der Waals surface area contributed by atoms with Crippen molar-refractivity contribution in [3.05, 3.63) is 29.8 Å². The van der Waals surface area contributed by atoms with Crippen molar-refractivity contribution in [1.82, 2.24) is 9.62 Å². The van der Waals surface area contributed by atoms with Crippen molar-refractivity contribution in [2.75, 3.05) is 20.1 Å². The van der Waals surface area contributed by atoms with Crippen molar-refractivity contribution in [2.24, 2.45) is 0 Å². The number of benzene rings is 1. The highest BCUT2D eigenvalue weighted by atomic mass is 32.2. The van der Waals surface area contributed by atoms with Gasteiger partial charge in [0.2, 0.25) is 10.0 Å². The highest BCUT2D eigenvalue weighted by Crippen LogP contribution is 2.22. The van der Waals surface area contributed by atoms with Gasteiger partial charge in [0.25, 0.3) is 0 Å². The maximum absolute atomic E-state index is 13.1. The first-order valence-corrected chi connectivity index (χ1v) is 7.51. The number of rotatable bonds is 3. The van der Waals surface area contributed by atoms with Crippen LogP contribution in [0.4, 0.5) is 8.78 Å². The number of sulfonamides is 1. The van der Waals surface area contributed by atoms with Crippen molar-refractivity contribution >= 4 is 10.0 Å². The molecule has 0 unspecified atom stereocenters. The van der Waals surface area contributed by atoms with Gasteiger partial charge in [-0.05, 0) is 38.1 Å². The minimum Gasteiger partial charge on any atom is -0.316 e. The summed E-state index contributed by atoms with van der Waals surface area (Å²) in [5.74, 6) is -2.20. The molecule has 1 heterocycles. The average Bonchev–Trinajstić information content (AvgIpc) is 2.41. The Kier molecular flexibility index (Phi) is 4.17. The van der Waals surface area contributed by atoms with Crippen LogP contribution in [0.2, 0.25) is 0 Å². The van der Waals surface area contributed by atoms with Gasteiger partial charge in [-0.1, -0.05) is 0 Å². The van der Waals surface area contributed by atoms with E-state index in [1.54, 1.807) is 7.05 Å². The lowest BCUT2D eigenvalue weighted by Crippen LogP contribution is -2.46. The van der Waals surface area contributed by atoms with Crippen molar-refractivity contribution in [2.45, 2.75) is 23.8 Å². The molecule has 1 saturated heterocycles. The molecule has 1 aromatic carbocycles. The fraction of sp³-hybridized carbons (Fsp3) is 0.500. The minimum atomic E-state index is -3.76. The number of piperidine rings is 1. The number of nitrogens with zero attached hydrogens (tertiary/aromatic N) is 1. The number of likely N-dealkylation sites (N-methyl/N-ethyl adjacent to an activating group) is 1. The summed E-state index contributed by atoms with van der Waals surface area (Å²) < 4.78 is 52.0. The lowest BCUT2D eigenvalue weighted by molar-refractivity contribution is 0.292. The van der Waals surface area contributed by atoms with E-state index < -0.39 is 21.7 Å². The van der Waals surface area contributed by atoms with Gasteiger partial charge in [-0.3, -0.25) is 0 Å². The Morgan fingerprint density at radius 2 is 2.05 bits per heavy atom. The summed E-state index contributed by atoms with van der Waals surface area (Å²) >= 11 is 0. The Balaban J connectivity index is 2.28. The molecule has 0 bridgehead atoms. The van der Waals surface area contributed by atoms with Crippen LogP contribution in [0.3, 0.4) is 0 Å². The molecule has 106 valence electrons. The van der Waals surface area contributed by atoms with E-state index in [-0.39, 0.29) is 10.9 Å². The largest absolute Gasteiger partial charge is 0.316 e. The third-order valence-electron chi connectivity index (χ3n) is 3.32. The zero-order valence-corrected chi connectivity index (χ0v) is 11.4. The average molecular weight is 290 g/mol. The molecule has 1 atom stereocenters. The molecule has 19 heavy (non-hydrogen) atoms. The van der Waals surface area contributed by atoms with Gasteiger partial charge in [0.15, 0.2) is 11.6 Å². The molecule has 1 aromatic rings. The van der Waals surface area contributed by atoms with Gasteiger partial charge in [-0.2, -0.15) is 4.31 Å². The Morgan fingerprint density at radius 1 is 1.32 bits per heavy atom. The second-order valence-electron chi connectivity index (χ2n) is 4.57. The molecule has 0 aromatic heterocycles. The van der Waals surface area contributed by atoms with E-state index in [2.05, 4.69) is 5.32 Å². The van der Waals surface area contributed by atoms with Crippen LogP contribution >= 0.6 is 0 Å². The Labute approximate surface area is 111 Å². The lowest BCUT2D eigenvalue weighted by atomic mass is 10.1. The molecule has 1 fully saturated rings. The number of hydrogen-bond donors (Lipinski definition) is 1. The summed E-state index contributed by atoms with van der Waals surface area (Å²) in [7, 11) is -1.98. The predicted molar refractivity (Wildman–Crippen MR) is 67.2 cm³/mol. The summed E-state index contributed by atoms with van der Waals surface area (Å²) in [5.41, 5.74) is 0. The van der Waals surface area contributed by atoms with E-state index in [0.29, 0.717) is 13.1 Å². The smallest absolute Gasteiger partial charge is 0.243 e. The fourth-order valence-electron chi connectivity index (χ4n) is 2.18. The summed E-state index contributed by atoms with van der Waals surface area (Å²) in [4.78, 5) is -0.205. The Morgan fingerprint density at radius 3 is 2.68 bits per heavy atom. The molecule has 0 spiro atoms. The van der Waals surface area contributed by atoms with Crippen LogP contribution in [0.1, 0.15) is 12.8 Å². The summed E-state index contributed by atoms with van der Waals surface area (Å²) in [6.07, 6.45) is 1.65. The van der Waals surface area contributed by atoms with Gasteiger partial charge < -0.3 is 5.32 Å². The highest BCUT2D eigenvalue weighted by Gasteiger charge is 2.30. The third kappa shape index (κ3) is 2.93. The van der Waals surface area contributed by atoms with Crippen molar-refractivity contribution < 1.29 is 17.2 Å². The molecule has 0 saturated carbocycles. The van der Waals surface area contributed by atoms with Crippen LogP contribution < -0.4 is 5.32 Å². The molecule has 4 nitrogen and oxygen atoms in total. The summed E-state index contributed by atoms with van der Waals surface area (Å²) in [6, 6.07) is 2.75. The van der Waals surface area contributed by atoms with E-state index in [4.69, 9.17) is 0 Å². The van der Waals surface area contributed by atoms with E-state index in [1.807, 2.05) is 0 Å². The van der Waals surface area contributed by atoms with Crippen LogP contribution in [-0.4, -0.2) is 38.9 Å². The Hall–Kier alpha value is -1.05. The van der Waals surface area contributed by atoms with Crippen LogP contribution in [0, 0.1) is 11.6 Å². The molecule has 1 N–H and O–H groups in total. The van der Waals surface area contributed by atoms with Crippen LogP contribution in [0.5, 0.6) is 0 Å². The molecule has 7 heteroatoms. The van der Waals surface area contributed by atoms with Gasteiger partial charge in [0.1, 0.15) is 0 Å². The van der Waals surface area contributed by atoms with Crippen molar-refractivity contribution in [3.8, 4) is 0 Å². The van der Waals surface area contributed by atoms with Gasteiger partial charge in [0, 0.05) is 19.1 Å². The van der Waals surface area contributed by atoms with Gasteiger partial charge in [0.05, 0.1) is 4.90 Å². The molecule has 1 aliphatic rings. The van der Waals surface area contributed by atoms with E-state index in [1.165, 1.54) is 4.31 Å². The van der Waals surface area contributed by atoms with Gasteiger partial charge in [-0.25, -0.2) is 17.2 Å². The second-order valence-corrected chi connectivity index (χ2v) is 6.50. The quantitative estimate of drug-likeness (QED) is 0.914. The van der Waals surface area contributed by atoms with Crippen LogP contribution in [-0.2, 0) is 10.0 Å². The fourth-order valence-corrected chi connectivity index (χ4v) is 3.72. The minimum absolute atomic E-state index is 0.0915. The third-order valence-corrected chi connectivity index (χ3v) is 5.18. The molecule has 0 amide bonds. The predicted octanol–water partition coefficient (Wildman–Crippen LogP) is 1.34. The van der Waals surface area contributed by atoms with Crippen molar-refractivity contribution in [1.29, 1.82) is 0 Å². The van der Waals surface area contributed by atoms with Crippen LogP contribution in [0.15, 0.2) is 23.1 Å². The molecular weight excluding hydrogens is 274 g/mol. The van der Waals surface area contributed by atoms with Gasteiger partial charge >= 0.3 is 0 Å². The standard InChI is InChI=1S/C12H16F2N2O2S/c1-15-9-3-2-6-16(8-9)19(17,18)10-4-5-11(13)12(14)7-10/h4-5,7,9,15H,2-3,6,8H2,1H3/t9-/m1/s1. The summed E-state index contributed by atoms with van der Waals surface area (Å²) in [6.45, 7) is 0.747. The highest BCUT2D eigenvalue weighted by molar-refractivity contribution is 7.89. The second kappa shape index (κ2) is 5.52. The maximum atomic E-state index is 13.1. The topological polar surface area (TPSA) is 49.4 Å². The maximum Gasteiger partial charge on any atom is 0.243 e. The zero-order valence-electron chi connectivity index (χ0n) is 10.6. The molecule has 1 aliphatic heterocycles. The molecule has 0 radical (unpaired) electrons. The SMILES string of the molecule is CN[C@@H]1CCCN(S(=O)(=O)c2ccc(F)c(F)c2)C1. The number of nitrogens with one attached hydrogen (secondary N) is 1. The Bertz CT molecular complexity index is 563. The first-order valence-electron chi connectivity index (χ1n) is 6.07. The molecule has 2 rings (SSSR count). The summed E-state index contributed by atoms with van der Waals surface area (Å²) in [5, 5.41) is 3.04. The zero-order chi connectivity index (χ0) is 14.0. The first-order chi connectivity index (χ1) is 8.95. The normalized spacial score (nSPS) is 21.5. The van der Waals surface area contributed by atoms with E-state index in [0.717, 1.165) is 31.0 Å². The van der Waals surface area contributed by atoms with Crippen LogP contribution in [0.25, 0.3) is 0 Å². The van der Waals surface area contributed by atoms with Crippen molar-refractivity contribution in [3.63, 3.8) is 0 Å². The first kappa shape index (κ1) is 14.4.